The molecule has 1 aromatic rings. The lowest BCUT2D eigenvalue weighted by atomic mass is 10.2. The van der Waals surface area contributed by atoms with Crippen LogP contribution in [-0.2, 0) is 11.1 Å². The van der Waals surface area contributed by atoms with Crippen molar-refractivity contribution in [1.82, 2.24) is 0 Å². The van der Waals surface area contributed by atoms with Gasteiger partial charge >= 0.3 is 5.97 Å². The molecule has 7 heteroatoms. The average Bonchev–Trinajstić information content (AvgIpc) is 2.08. The van der Waals surface area contributed by atoms with Gasteiger partial charge in [0, 0.05) is 0 Å². The van der Waals surface area contributed by atoms with Gasteiger partial charge in [-0.25, -0.2) is 4.79 Å². The fraction of sp³-hybridized carbons (Fsp3) is 0. The lowest BCUT2D eigenvalue weighted by Crippen LogP contribution is -2.09. The van der Waals surface area contributed by atoms with Gasteiger partial charge in [0.2, 0.25) is 0 Å². The summed E-state index contributed by atoms with van der Waals surface area (Å²) in [5.74, 6) is -1.36. The van der Waals surface area contributed by atoms with Gasteiger partial charge < -0.3 is 21.1 Å². The molecule has 0 heterocycles. The van der Waals surface area contributed by atoms with Crippen LogP contribution in [0.25, 0.3) is 0 Å². The number of nitrogens with two attached hydrogens (primary N) is 2. The van der Waals surface area contributed by atoms with Crippen molar-refractivity contribution >= 4 is 28.4 Å². The summed E-state index contributed by atoms with van der Waals surface area (Å²) >= 11 is -2.72. The Balaban J connectivity index is 3.53. The zero-order chi connectivity index (χ0) is 10.9. The van der Waals surface area contributed by atoms with Crippen LogP contribution in [0.5, 0.6) is 0 Å². The van der Waals surface area contributed by atoms with Gasteiger partial charge in [-0.2, -0.15) is 0 Å². The number of benzene rings is 1. The number of rotatable bonds is 2. The van der Waals surface area contributed by atoms with Crippen LogP contribution in [0.1, 0.15) is 10.4 Å². The molecule has 1 atom stereocenters. The third kappa shape index (κ3) is 1.68. The van der Waals surface area contributed by atoms with E-state index >= 15 is 0 Å². The first-order valence-electron chi connectivity index (χ1n) is 3.45. The highest BCUT2D eigenvalue weighted by Gasteiger charge is 2.15. The van der Waals surface area contributed by atoms with Crippen molar-refractivity contribution in [3.8, 4) is 0 Å². The average molecular weight is 215 g/mol. The molecule has 0 aliphatic heterocycles. The molecular weight excluding hydrogens is 208 g/mol. The van der Waals surface area contributed by atoms with Crippen LogP contribution in [0.15, 0.2) is 17.0 Å². The third-order valence-electron chi connectivity index (χ3n) is 1.63. The first kappa shape index (κ1) is 10.5. The van der Waals surface area contributed by atoms with E-state index in [0.29, 0.717) is 0 Å². The molecule has 0 aliphatic rings. The Morgan fingerprint density at radius 3 is 2.43 bits per heavy atom. The number of carboxylic acids is 1. The number of anilines is 2. The molecular formula is C7H7N2O4S-. The molecule has 5 N–H and O–H groups in total. The Labute approximate surface area is 81.8 Å². The fourth-order valence-electron chi connectivity index (χ4n) is 0.963. The minimum atomic E-state index is -2.72. The normalized spacial score (nSPS) is 12.4. The summed E-state index contributed by atoms with van der Waals surface area (Å²) in [6.45, 7) is 0. The minimum Gasteiger partial charge on any atom is -0.768 e. The van der Waals surface area contributed by atoms with E-state index in [-0.39, 0.29) is 16.9 Å². The van der Waals surface area contributed by atoms with Gasteiger partial charge in [-0.15, -0.1) is 0 Å². The van der Waals surface area contributed by atoms with Gasteiger partial charge in [-0.05, 0) is 23.2 Å². The van der Waals surface area contributed by atoms with Crippen LogP contribution in [0.3, 0.4) is 0 Å². The van der Waals surface area contributed by atoms with Gasteiger partial charge in [0.05, 0.1) is 21.8 Å². The zero-order valence-corrected chi connectivity index (χ0v) is 7.71. The van der Waals surface area contributed by atoms with Gasteiger partial charge in [0.25, 0.3) is 0 Å². The number of hydrogen-bond donors (Lipinski definition) is 3. The van der Waals surface area contributed by atoms with Crippen molar-refractivity contribution in [3.63, 3.8) is 0 Å². The van der Waals surface area contributed by atoms with E-state index < -0.39 is 21.9 Å². The van der Waals surface area contributed by atoms with Gasteiger partial charge in [0.15, 0.2) is 0 Å². The lowest BCUT2D eigenvalue weighted by Gasteiger charge is -2.13. The maximum atomic E-state index is 10.7. The van der Waals surface area contributed by atoms with E-state index in [9.17, 15) is 13.6 Å². The fourth-order valence-corrected chi connectivity index (χ4v) is 1.60. The molecule has 0 aromatic heterocycles. The second-order valence-corrected chi connectivity index (χ2v) is 3.36. The highest BCUT2D eigenvalue weighted by Crippen LogP contribution is 2.26. The molecule has 0 bridgehead atoms. The summed E-state index contributed by atoms with van der Waals surface area (Å²) in [6.07, 6.45) is 0. The Morgan fingerprint density at radius 1 is 1.43 bits per heavy atom. The van der Waals surface area contributed by atoms with Crippen LogP contribution in [0.4, 0.5) is 11.4 Å². The first-order valence-corrected chi connectivity index (χ1v) is 4.53. The Kier molecular flexibility index (Phi) is 2.73. The summed E-state index contributed by atoms with van der Waals surface area (Å²) in [6, 6.07) is 2.34. The quantitative estimate of drug-likeness (QED) is 0.462. The van der Waals surface area contributed by atoms with Crippen molar-refractivity contribution in [2.45, 2.75) is 4.90 Å². The molecule has 0 radical (unpaired) electrons. The van der Waals surface area contributed by atoms with E-state index in [2.05, 4.69) is 0 Å². The molecule has 76 valence electrons. The largest absolute Gasteiger partial charge is 0.768 e. The summed E-state index contributed by atoms with van der Waals surface area (Å²) in [5.41, 5.74) is 10.1. The van der Waals surface area contributed by atoms with Crippen molar-refractivity contribution in [2.24, 2.45) is 0 Å². The van der Waals surface area contributed by atoms with Crippen molar-refractivity contribution in [1.29, 1.82) is 0 Å². The van der Waals surface area contributed by atoms with Crippen LogP contribution >= 0.6 is 0 Å². The molecule has 14 heavy (non-hydrogen) atoms. The zero-order valence-electron chi connectivity index (χ0n) is 6.89. The van der Waals surface area contributed by atoms with Crippen molar-refractivity contribution in [2.75, 3.05) is 11.5 Å². The second-order valence-electron chi connectivity index (χ2n) is 2.49. The van der Waals surface area contributed by atoms with Gasteiger partial charge in [0.1, 0.15) is 0 Å². The van der Waals surface area contributed by atoms with E-state index in [1.54, 1.807) is 0 Å². The molecule has 1 unspecified atom stereocenters. The van der Waals surface area contributed by atoms with Crippen molar-refractivity contribution < 1.29 is 18.7 Å². The van der Waals surface area contributed by atoms with Crippen LogP contribution in [-0.4, -0.2) is 19.8 Å². The van der Waals surface area contributed by atoms with E-state index in [0.717, 1.165) is 6.07 Å². The van der Waals surface area contributed by atoms with E-state index in [1.165, 1.54) is 6.07 Å². The molecule has 0 saturated carbocycles. The highest BCUT2D eigenvalue weighted by atomic mass is 32.2. The molecule has 0 amide bonds. The second kappa shape index (κ2) is 3.64. The van der Waals surface area contributed by atoms with Gasteiger partial charge in [-0.1, -0.05) is 0 Å². The first-order chi connectivity index (χ1) is 6.45. The maximum absolute atomic E-state index is 10.7. The molecule has 0 aliphatic carbocycles. The molecule has 0 spiro atoms. The standard InChI is InChI=1S/C7H8N2O4S/c8-4-2-1-3(7(10)11)6(5(4)9)14(12)13/h1-2H,8-9H2,(H,10,11)(H,12,13)/p-1. The number of carbonyl (C=O) groups is 1. The highest BCUT2D eigenvalue weighted by molar-refractivity contribution is 7.79. The minimum absolute atomic E-state index is 0.0363. The topological polar surface area (TPSA) is 129 Å². The molecule has 6 nitrogen and oxygen atoms in total. The lowest BCUT2D eigenvalue weighted by molar-refractivity contribution is 0.0692. The Morgan fingerprint density at radius 2 is 2.00 bits per heavy atom. The summed E-state index contributed by atoms with van der Waals surface area (Å²) < 4.78 is 21.4. The number of aromatic carboxylic acids is 1. The van der Waals surface area contributed by atoms with E-state index in [4.69, 9.17) is 16.6 Å². The predicted octanol–water partition coefficient (Wildman–Crippen LogP) is -0.213. The summed E-state index contributed by atoms with van der Waals surface area (Å²) in [5, 5.41) is 8.66. The number of carboxylic acid groups (broad SMARTS) is 1. The number of hydrogen-bond acceptors (Lipinski definition) is 5. The Bertz CT molecular complexity index is 418. The molecule has 0 saturated heterocycles. The van der Waals surface area contributed by atoms with Gasteiger partial charge in [-0.3, -0.25) is 4.21 Å². The van der Waals surface area contributed by atoms with Crippen LogP contribution < -0.4 is 11.5 Å². The monoisotopic (exact) mass is 215 g/mol. The molecule has 1 rings (SSSR count). The Hall–Kier alpha value is -1.60. The van der Waals surface area contributed by atoms with E-state index in [1.807, 2.05) is 0 Å². The SMILES string of the molecule is Nc1ccc(C(=O)O)c(S(=O)[O-])c1N. The summed E-state index contributed by atoms with van der Waals surface area (Å²) in [4.78, 5) is 10.1. The molecule has 1 aromatic carbocycles. The van der Waals surface area contributed by atoms with Crippen LogP contribution in [0.2, 0.25) is 0 Å². The molecule has 0 fully saturated rings. The predicted molar refractivity (Wildman–Crippen MR) is 49.4 cm³/mol. The van der Waals surface area contributed by atoms with Crippen LogP contribution in [0, 0.1) is 0 Å². The smallest absolute Gasteiger partial charge is 0.336 e. The maximum Gasteiger partial charge on any atom is 0.336 e. The van der Waals surface area contributed by atoms with Crippen molar-refractivity contribution in [3.05, 3.63) is 17.7 Å². The summed E-state index contributed by atoms with van der Waals surface area (Å²) in [7, 11) is 0. The third-order valence-corrected chi connectivity index (χ3v) is 2.40. The number of nitrogen functional groups attached to an aromatic ring is 2.